The number of para-hydroxylation sites is 1. The first-order chi connectivity index (χ1) is 18.4. The van der Waals surface area contributed by atoms with Crippen LogP contribution in [0.25, 0.3) is 6.08 Å². The predicted molar refractivity (Wildman–Crippen MR) is 147 cm³/mol. The number of hydrogen-bond donors (Lipinski definition) is 0. The van der Waals surface area contributed by atoms with Crippen molar-refractivity contribution in [2.24, 2.45) is 4.99 Å². The van der Waals surface area contributed by atoms with Crippen molar-refractivity contribution in [2.75, 3.05) is 26.9 Å². The molecule has 0 bridgehead atoms. The molecule has 2 aromatic carbocycles. The van der Waals surface area contributed by atoms with Gasteiger partial charge in [0, 0.05) is 5.56 Å². The summed E-state index contributed by atoms with van der Waals surface area (Å²) in [5.41, 5.74) is 1.93. The van der Waals surface area contributed by atoms with E-state index in [1.807, 2.05) is 37.3 Å². The van der Waals surface area contributed by atoms with Crippen LogP contribution in [0.4, 0.5) is 0 Å². The van der Waals surface area contributed by atoms with E-state index in [1.54, 1.807) is 45.2 Å². The van der Waals surface area contributed by atoms with Crippen LogP contribution < -0.4 is 29.1 Å². The van der Waals surface area contributed by atoms with Gasteiger partial charge in [-0.1, -0.05) is 48.3 Å². The largest absolute Gasteiger partial charge is 0.493 e. The Labute approximate surface area is 224 Å². The molecule has 2 heterocycles. The number of benzene rings is 2. The molecule has 1 aliphatic rings. The molecule has 0 saturated heterocycles. The number of fused-ring (bicyclic) bond motifs is 1. The lowest BCUT2D eigenvalue weighted by molar-refractivity contribution is -0.139. The molecule has 38 heavy (non-hydrogen) atoms. The second-order valence-corrected chi connectivity index (χ2v) is 9.29. The first-order valence-electron chi connectivity index (χ1n) is 12.3. The van der Waals surface area contributed by atoms with E-state index in [-0.39, 0.29) is 17.7 Å². The minimum Gasteiger partial charge on any atom is -0.493 e. The van der Waals surface area contributed by atoms with Crippen LogP contribution in [0, 0.1) is 0 Å². The number of allylic oxidation sites excluding steroid dienone is 1. The Bertz CT molecular complexity index is 1550. The highest BCUT2D eigenvalue weighted by Crippen LogP contribution is 2.40. The van der Waals surface area contributed by atoms with Crippen LogP contribution in [0.3, 0.4) is 0 Å². The summed E-state index contributed by atoms with van der Waals surface area (Å²) in [6.07, 6.45) is 3.48. The molecule has 3 aromatic rings. The molecule has 0 N–H and O–H groups in total. The zero-order valence-corrected chi connectivity index (χ0v) is 22.7. The number of carbonyl (C=O) groups is 1. The van der Waals surface area contributed by atoms with E-state index in [2.05, 4.69) is 11.6 Å². The number of rotatable bonds is 10. The van der Waals surface area contributed by atoms with E-state index in [0.717, 1.165) is 5.56 Å². The lowest BCUT2D eigenvalue weighted by Crippen LogP contribution is -2.40. The molecule has 0 saturated carbocycles. The van der Waals surface area contributed by atoms with Crippen LogP contribution in [-0.2, 0) is 9.53 Å². The number of ether oxygens (including phenoxy) is 4. The van der Waals surface area contributed by atoms with Gasteiger partial charge in [0.15, 0.2) is 16.3 Å². The highest BCUT2D eigenvalue weighted by Gasteiger charge is 2.35. The van der Waals surface area contributed by atoms with E-state index < -0.39 is 12.0 Å². The monoisotopic (exact) mass is 534 g/mol. The summed E-state index contributed by atoms with van der Waals surface area (Å²) in [6, 6.07) is 12.0. The molecule has 1 aromatic heterocycles. The van der Waals surface area contributed by atoms with Crippen LogP contribution >= 0.6 is 11.3 Å². The summed E-state index contributed by atoms with van der Waals surface area (Å²) < 4.78 is 24.5. The number of aromatic nitrogens is 1. The van der Waals surface area contributed by atoms with Gasteiger partial charge in [0.25, 0.3) is 5.56 Å². The first-order valence-corrected chi connectivity index (χ1v) is 13.1. The third-order valence-corrected chi connectivity index (χ3v) is 6.86. The maximum absolute atomic E-state index is 13.9. The van der Waals surface area contributed by atoms with Gasteiger partial charge in [-0.15, -0.1) is 0 Å². The molecular formula is C29H30N2O6S. The highest BCUT2D eigenvalue weighted by molar-refractivity contribution is 7.07. The zero-order chi connectivity index (χ0) is 27.2. The maximum Gasteiger partial charge on any atom is 0.338 e. The van der Waals surface area contributed by atoms with Crippen LogP contribution in [-0.4, -0.2) is 37.5 Å². The van der Waals surface area contributed by atoms with Gasteiger partial charge < -0.3 is 18.9 Å². The Hall–Kier alpha value is -4.11. The topological polar surface area (TPSA) is 88.3 Å². The molecule has 0 unspecified atom stereocenters. The molecule has 0 fully saturated rings. The number of thiazole rings is 1. The summed E-state index contributed by atoms with van der Waals surface area (Å²) in [7, 11) is 1.55. The van der Waals surface area contributed by atoms with Crippen molar-refractivity contribution in [3.63, 3.8) is 0 Å². The second-order valence-electron chi connectivity index (χ2n) is 8.28. The van der Waals surface area contributed by atoms with Crippen molar-refractivity contribution in [2.45, 2.75) is 26.8 Å². The average Bonchev–Trinajstić information content (AvgIpc) is 3.22. The van der Waals surface area contributed by atoms with Gasteiger partial charge >= 0.3 is 5.97 Å². The molecule has 0 amide bonds. The predicted octanol–water partition coefficient (Wildman–Crippen LogP) is 3.77. The summed E-state index contributed by atoms with van der Waals surface area (Å²) in [6.45, 7) is 9.98. The van der Waals surface area contributed by atoms with E-state index >= 15 is 0 Å². The molecular weight excluding hydrogens is 504 g/mol. The van der Waals surface area contributed by atoms with Gasteiger partial charge in [0.05, 0.1) is 36.1 Å². The summed E-state index contributed by atoms with van der Waals surface area (Å²) in [5, 5.41) is 0. The summed E-state index contributed by atoms with van der Waals surface area (Å²) in [5.74, 6) is 1.14. The van der Waals surface area contributed by atoms with Gasteiger partial charge in [-0.3, -0.25) is 9.36 Å². The van der Waals surface area contributed by atoms with Crippen LogP contribution in [0.5, 0.6) is 17.2 Å². The van der Waals surface area contributed by atoms with Crippen molar-refractivity contribution in [3.05, 3.63) is 97.2 Å². The average molecular weight is 535 g/mol. The molecule has 0 aliphatic carbocycles. The van der Waals surface area contributed by atoms with E-state index in [4.69, 9.17) is 18.9 Å². The zero-order valence-electron chi connectivity index (χ0n) is 21.9. The number of nitrogens with zero attached hydrogens (tertiary/aromatic N) is 2. The van der Waals surface area contributed by atoms with Crippen molar-refractivity contribution < 1.29 is 23.7 Å². The normalized spacial score (nSPS) is 14.9. The van der Waals surface area contributed by atoms with Crippen molar-refractivity contribution in [1.29, 1.82) is 0 Å². The van der Waals surface area contributed by atoms with Crippen LogP contribution in [0.1, 0.15) is 37.9 Å². The molecule has 4 rings (SSSR count). The van der Waals surface area contributed by atoms with Crippen molar-refractivity contribution in [1.82, 2.24) is 4.57 Å². The SMILES string of the molecule is C=CCOc1ccc(/C=c2\sc3n(c2=O)[C@@H](c2cccc(OC)c2OCC)C(C(=O)OCC)=C(C)N=3)cc1. The van der Waals surface area contributed by atoms with Gasteiger partial charge in [-0.05, 0) is 50.6 Å². The van der Waals surface area contributed by atoms with Crippen LogP contribution in [0.15, 0.2) is 76.2 Å². The standard InChI is InChI=1S/C29H30N2O6S/c1-6-16-37-20-14-12-19(13-15-20)17-23-27(32)31-25(21-10-9-11-22(34-5)26(21)35-7-2)24(28(33)36-8-3)18(4)30-29(31)38-23/h6,9-15,17,25H,1,7-8,16H2,2-5H3/b23-17-/t25-/m0/s1. The van der Waals surface area contributed by atoms with E-state index in [1.165, 1.54) is 15.9 Å². The summed E-state index contributed by atoms with van der Waals surface area (Å²) in [4.78, 5) is 32.2. The van der Waals surface area contributed by atoms with Crippen molar-refractivity contribution in [3.8, 4) is 17.2 Å². The number of esters is 1. The molecule has 1 aliphatic heterocycles. The molecule has 0 radical (unpaired) electrons. The smallest absolute Gasteiger partial charge is 0.338 e. The van der Waals surface area contributed by atoms with Crippen LogP contribution in [0.2, 0.25) is 0 Å². The Balaban J connectivity index is 1.92. The Morgan fingerprint density at radius 3 is 2.55 bits per heavy atom. The minimum atomic E-state index is -0.807. The molecule has 9 heteroatoms. The van der Waals surface area contributed by atoms with Gasteiger partial charge in [0.2, 0.25) is 0 Å². The maximum atomic E-state index is 13.9. The second kappa shape index (κ2) is 12.0. The summed E-state index contributed by atoms with van der Waals surface area (Å²) >= 11 is 1.26. The fourth-order valence-corrected chi connectivity index (χ4v) is 5.31. The number of hydrogen-bond acceptors (Lipinski definition) is 8. The number of methoxy groups -OCH3 is 1. The Morgan fingerprint density at radius 1 is 1.13 bits per heavy atom. The third-order valence-electron chi connectivity index (χ3n) is 5.88. The van der Waals surface area contributed by atoms with Crippen molar-refractivity contribution >= 4 is 23.4 Å². The molecule has 198 valence electrons. The fourth-order valence-electron chi connectivity index (χ4n) is 4.26. The Morgan fingerprint density at radius 2 is 1.89 bits per heavy atom. The molecule has 1 atom stereocenters. The molecule has 8 nitrogen and oxygen atoms in total. The third kappa shape index (κ3) is 5.28. The Kier molecular flexibility index (Phi) is 8.48. The van der Waals surface area contributed by atoms with Gasteiger partial charge in [-0.2, -0.15) is 0 Å². The highest BCUT2D eigenvalue weighted by atomic mass is 32.1. The van der Waals surface area contributed by atoms with Gasteiger partial charge in [0.1, 0.15) is 18.4 Å². The quantitative estimate of drug-likeness (QED) is 0.291. The van der Waals surface area contributed by atoms with E-state index in [0.29, 0.717) is 51.1 Å². The molecule has 0 spiro atoms. The minimum absolute atomic E-state index is 0.190. The number of carbonyl (C=O) groups excluding carboxylic acids is 1. The van der Waals surface area contributed by atoms with E-state index in [9.17, 15) is 9.59 Å². The van der Waals surface area contributed by atoms with Gasteiger partial charge in [-0.25, -0.2) is 9.79 Å². The lowest BCUT2D eigenvalue weighted by atomic mass is 9.94. The first kappa shape index (κ1) is 26.9. The lowest BCUT2D eigenvalue weighted by Gasteiger charge is -2.26. The fraction of sp³-hybridized carbons (Fsp3) is 0.276.